The van der Waals surface area contributed by atoms with Gasteiger partial charge in [-0.2, -0.15) is 0 Å². The van der Waals surface area contributed by atoms with Crippen LogP contribution in [0.1, 0.15) is 58.1 Å². The van der Waals surface area contributed by atoms with Crippen molar-refractivity contribution in [2.24, 2.45) is 5.73 Å². The molecule has 4 atom stereocenters. The van der Waals surface area contributed by atoms with Crippen molar-refractivity contribution in [3.05, 3.63) is 34.3 Å². The van der Waals surface area contributed by atoms with Gasteiger partial charge in [0.2, 0.25) is 0 Å². The van der Waals surface area contributed by atoms with Gasteiger partial charge in [0.25, 0.3) is 0 Å². The number of hydrogen-bond acceptors (Lipinski definition) is 2. The lowest BCUT2D eigenvalue weighted by Crippen LogP contribution is -2.46. The molecule has 1 aliphatic heterocycles. The predicted octanol–water partition coefficient (Wildman–Crippen LogP) is 4.49. The molecule has 3 heteroatoms. The third-order valence-corrected chi connectivity index (χ3v) is 5.20. The van der Waals surface area contributed by atoms with Gasteiger partial charge in [-0.15, -0.1) is 0 Å². The molecule has 1 saturated heterocycles. The Balaban J connectivity index is 2.37. The van der Waals surface area contributed by atoms with E-state index in [1.54, 1.807) is 0 Å². The average Bonchev–Trinajstić information content (AvgIpc) is 2.80. The molecule has 2 N–H and O–H groups in total. The van der Waals surface area contributed by atoms with Crippen molar-refractivity contribution in [1.29, 1.82) is 0 Å². The number of likely N-dealkylation sites (tertiary alicyclic amines) is 1. The number of halogens is 1. The summed E-state index contributed by atoms with van der Waals surface area (Å²) in [5.74, 6) is 0. The number of nitrogens with zero attached hydrogens (tertiary/aromatic N) is 1. The van der Waals surface area contributed by atoms with Crippen LogP contribution in [0.5, 0.6) is 0 Å². The third kappa shape index (κ3) is 3.26. The zero-order chi connectivity index (χ0) is 14.7. The summed E-state index contributed by atoms with van der Waals surface area (Å²) in [4.78, 5) is 2.68. The molecular formula is C17H27BrN2. The Morgan fingerprint density at radius 3 is 2.70 bits per heavy atom. The SMILES string of the molecule is CCC(N)C(c1cccc(Br)c1)N1C(C)CCC1CC. The smallest absolute Gasteiger partial charge is 0.0505 e. The van der Waals surface area contributed by atoms with Crippen molar-refractivity contribution in [1.82, 2.24) is 4.90 Å². The molecule has 0 bridgehead atoms. The monoisotopic (exact) mass is 338 g/mol. The molecule has 1 aliphatic rings. The van der Waals surface area contributed by atoms with Crippen LogP contribution in [0.15, 0.2) is 28.7 Å². The van der Waals surface area contributed by atoms with Crippen LogP contribution in [0.2, 0.25) is 0 Å². The average molecular weight is 339 g/mol. The topological polar surface area (TPSA) is 29.3 Å². The van der Waals surface area contributed by atoms with Gasteiger partial charge in [0, 0.05) is 22.6 Å². The van der Waals surface area contributed by atoms with Gasteiger partial charge in [0.15, 0.2) is 0 Å². The Kier molecular flexibility index (Phi) is 5.65. The minimum Gasteiger partial charge on any atom is -0.326 e. The van der Waals surface area contributed by atoms with Gasteiger partial charge in [-0.05, 0) is 50.3 Å². The van der Waals surface area contributed by atoms with E-state index in [4.69, 9.17) is 5.73 Å². The normalized spacial score (nSPS) is 26.6. The van der Waals surface area contributed by atoms with E-state index in [0.29, 0.717) is 18.1 Å². The van der Waals surface area contributed by atoms with E-state index in [1.165, 1.54) is 24.8 Å². The zero-order valence-electron chi connectivity index (χ0n) is 12.8. The first-order valence-corrected chi connectivity index (χ1v) is 8.66. The second kappa shape index (κ2) is 7.06. The highest BCUT2D eigenvalue weighted by molar-refractivity contribution is 9.10. The number of nitrogens with two attached hydrogens (primary N) is 1. The Morgan fingerprint density at radius 2 is 2.10 bits per heavy atom. The highest BCUT2D eigenvalue weighted by atomic mass is 79.9. The summed E-state index contributed by atoms with van der Waals surface area (Å²) in [6.45, 7) is 6.84. The van der Waals surface area contributed by atoms with Crippen LogP contribution in [-0.2, 0) is 0 Å². The summed E-state index contributed by atoms with van der Waals surface area (Å²) in [5, 5.41) is 0. The van der Waals surface area contributed by atoms with E-state index >= 15 is 0 Å². The van der Waals surface area contributed by atoms with Gasteiger partial charge in [0.05, 0.1) is 6.04 Å². The van der Waals surface area contributed by atoms with Crippen molar-refractivity contribution in [3.8, 4) is 0 Å². The summed E-state index contributed by atoms with van der Waals surface area (Å²) in [6.07, 6.45) is 4.82. The Hall–Kier alpha value is -0.380. The largest absolute Gasteiger partial charge is 0.326 e. The van der Waals surface area contributed by atoms with Crippen molar-refractivity contribution in [2.75, 3.05) is 0 Å². The molecule has 2 nitrogen and oxygen atoms in total. The fraction of sp³-hybridized carbons (Fsp3) is 0.647. The minimum absolute atomic E-state index is 0.193. The lowest BCUT2D eigenvalue weighted by atomic mass is 9.94. The van der Waals surface area contributed by atoms with E-state index in [-0.39, 0.29) is 6.04 Å². The Labute approximate surface area is 131 Å². The molecular weight excluding hydrogens is 312 g/mol. The van der Waals surface area contributed by atoms with E-state index < -0.39 is 0 Å². The summed E-state index contributed by atoms with van der Waals surface area (Å²) in [7, 11) is 0. The highest BCUT2D eigenvalue weighted by Gasteiger charge is 2.37. The van der Waals surface area contributed by atoms with Gasteiger partial charge in [-0.1, -0.05) is 41.9 Å². The Morgan fingerprint density at radius 1 is 1.35 bits per heavy atom. The van der Waals surface area contributed by atoms with Gasteiger partial charge in [-0.3, -0.25) is 4.90 Å². The minimum atomic E-state index is 0.193. The molecule has 0 saturated carbocycles. The molecule has 20 heavy (non-hydrogen) atoms. The maximum absolute atomic E-state index is 6.50. The van der Waals surface area contributed by atoms with Crippen molar-refractivity contribution >= 4 is 15.9 Å². The van der Waals surface area contributed by atoms with Gasteiger partial charge >= 0.3 is 0 Å². The van der Waals surface area contributed by atoms with Crippen LogP contribution in [0.4, 0.5) is 0 Å². The molecule has 2 rings (SSSR count). The molecule has 0 spiro atoms. The van der Waals surface area contributed by atoms with E-state index in [9.17, 15) is 0 Å². The highest BCUT2D eigenvalue weighted by Crippen LogP contribution is 2.37. The second-order valence-corrected chi connectivity index (χ2v) is 6.92. The molecule has 0 aliphatic carbocycles. The van der Waals surface area contributed by atoms with Crippen molar-refractivity contribution < 1.29 is 0 Å². The van der Waals surface area contributed by atoms with Crippen LogP contribution < -0.4 is 5.73 Å². The second-order valence-electron chi connectivity index (χ2n) is 6.01. The van der Waals surface area contributed by atoms with E-state index in [2.05, 4.69) is 65.9 Å². The van der Waals surface area contributed by atoms with Crippen LogP contribution >= 0.6 is 15.9 Å². The van der Waals surface area contributed by atoms with Gasteiger partial charge in [-0.25, -0.2) is 0 Å². The lowest BCUT2D eigenvalue weighted by molar-refractivity contribution is 0.111. The van der Waals surface area contributed by atoms with Crippen LogP contribution in [0.25, 0.3) is 0 Å². The van der Waals surface area contributed by atoms with Crippen LogP contribution in [0, 0.1) is 0 Å². The molecule has 0 amide bonds. The Bertz CT molecular complexity index is 435. The van der Waals surface area contributed by atoms with Gasteiger partial charge in [0.1, 0.15) is 0 Å². The molecule has 0 radical (unpaired) electrons. The molecule has 1 fully saturated rings. The molecule has 1 heterocycles. The van der Waals surface area contributed by atoms with Crippen LogP contribution in [-0.4, -0.2) is 23.0 Å². The maximum atomic E-state index is 6.50. The first kappa shape index (κ1) is 16.0. The third-order valence-electron chi connectivity index (χ3n) is 4.71. The fourth-order valence-corrected chi connectivity index (χ4v) is 3.98. The molecule has 112 valence electrons. The van der Waals surface area contributed by atoms with Crippen LogP contribution in [0.3, 0.4) is 0 Å². The van der Waals surface area contributed by atoms with Crippen molar-refractivity contribution in [2.45, 2.75) is 70.6 Å². The zero-order valence-corrected chi connectivity index (χ0v) is 14.4. The fourth-order valence-electron chi connectivity index (χ4n) is 3.56. The lowest BCUT2D eigenvalue weighted by Gasteiger charge is -2.39. The number of rotatable bonds is 5. The first-order valence-electron chi connectivity index (χ1n) is 7.86. The molecule has 0 aromatic heterocycles. The molecule has 1 aromatic rings. The van der Waals surface area contributed by atoms with Crippen molar-refractivity contribution in [3.63, 3.8) is 0 Å². The summed E-state index contributed by atoms with van der Waals surface area (Å²) in [5.41, 5.74) is 7.85. The molecule has 4 unspecified atom stereocenters. The quantitative estimate of drug-likeness (QED) is 0.856. The number of benzene rings is 1. The first-order chi connectivity index (χ1) is 9.58. The number of hydrogen-bond donors (Lipinski definition) is 1. The standard InChI is InChI=1S/C17H27BrN2/c1-4-15-10-9-12(3)20(15)17(16(19)5-2)13-7-6-8-14(18)11-13/h6-8,11-12,15-17H,4-5,9-10,19H2,1-3H3. The van der Waals surface area contributed by atoms with E-state index in [0.717, 1.165) is 10.9 Å². The maximum Gasteiger partial charge on any atom is 0.0505 e. The van der Waals surface area contributed by atoms with Gasteiger partial charge < -0.3 is 5.73 Å². The summed E-state index contributed by atoms with van der Waals surface area (Å²) in [6, 6.07) is 10.5. The molecule has 1 aromatic carbocycles. The summed E-state index contributed by atoms with van der Waals surface area (Å²) >= 11 is 3.60. The van der Waals surface area contributed by atoms with E-state index in [1.807, 2.05) is 0 Å². The summed E-state index contributed by atoms with van der Waals surface area (Å²) < 4.78 is 1.14. The predicted molar refractivity (Wildman–Crippen MR) is 89.8 cm³/mol.